The number of aromatic hydroxyl groups is 1. The summed E-state index contributed by atoms with van der Waals surface area (Å²) in [6.07, 6.45) is 0.725. The molecule has 4 rings (SSSR count). The summed E-state index contributed by atoms with van der Waals surface area (Å²) in [6.45, 7) is 17.9. The van der Waals surface area contributed by atoms with E-state index < -0.39 is 0 Å². The minimum absolute atomic E-state index is 0.111. The summed E-state index contributed by atoms with van der Waals surface area (Å²) >= 11 is 0. The lowest BCUT2D eigenvalue weighted by Crippen LogP contribution is -2.43. The Kier molecular flexibility index (Phi) is 9.08. The number of ether oxygens (including phenoxy) is 1. The molecule has 0 spiro atoms. The molecule has 1 saturated heterocycles. The van der Waals surface area contributed by atoms with E-state index in [1.807, 2.05) is 6.07 Å². The van der Waals surface area contributed by atoms with Gasteiger partial charge in [-0.1, -0.05) is 32.9 Å². The van der Waals surface area contributed by atoms with Crippen LogP contribution in [-0.4, -0.2) is 81.8 Å². The number of aryl methyl sites for hydroxylation is 1. The monoisotopic (exact) mass is 532 g/mol. The number of benzene rings is 2. The standard InChI is InChI=1S/C31H44N6O2/c1-9-26(32-21(4)5)31-34-33-30(25-17-24(20(2)3)29(39-8)18-28(25)38)37(31)27-11-10-23(16-22(27)6)19-36-14-12-35(7)13-15-36/h10-11,16-18,20-21,38H,9,12-15,19H2,1-8H3. The van der Waals surface area contributed by atoms with Crippen molar-refractivity contribution >= 4 is 5.71 Å². The van der Waals surface area contributed by atoms with Crippen LogP contribution in [0.3, 0.4) is 0 Å². The molecular formula is C31H44N6O2. The van der Waals surface area contributed by atoms with E-state index in [4.69, 9.17) is 9.73 Å². The van der Waals surface area contributed by atoms with E-state index in [-0.39, 0.29) is 17.7 Å². The van der Waals surface area contributed by atoms with Crippen molar-refractivity contribution in [2.24, 2.45) is 4.99 Å². The third-order valence-corrected chi connectivity index (χ3v) is 7.39. The van der Waals surface area contributed by atoms with E-state index in [1.165, 1.54) is 5.56 Å². The van der Waals surface area contributed by atoms with Gasteiger partial charge in [0, 0.05) is 44.8 Å². The fourth-order valence-electron chi connectivity index (χ4n) is 5.22. The molecule has 3 aromatic rings. The van der Waals surface area contributed by atoms with Gasteiger partial charge in [0.1, 0.15) is 11.5 Å². The van der Waals surface area contributed by atoms with Gasteiger partial charge in [-0.3, -0.25) is 14.5 Å². The minimum atomic E-state index is 0.111. The lowest BCUT2D eigenvalue weighted by atomic mass is 9.98. The smallest absolute Gasteiger partial charge is 0.182 e. The van der Waals surface area contributed by atoms with Crippen molar-refractivity contribution in [2.75, 3.05) is 40.3 Å². The fourth-order valence-corrected chi connectivity index (χ4v) is 5.22. The summed E-state index contributed by atoms with van der Waals surface area (Å²) in [7, 11) is 3.81. The van der Waals surface area contributed by atoms with Gasteiger partial charge in [0.05, 0.1) is 24.1 Å². The number of nitrogens with zero attached hydrogens (tertiary/aromatic N) is 6. The highest BCUT2D eigenvalue weighted by Crippen LogP contribution is 2.39. The third kappa shape index (κ3) is 6.34. The van der Waals surface area contributed by atoms with Gasteiger partial charge >= 0.3 is 0 Å². The average Bonchev–Trinajstić information content (AvgIpc) is 3.32. The lowest BCUT2D eigenvalue weighted by Gasteiger charge is -2.32. The third-order valence-electron chi connectivity index (χ3n) is 7.39. The van der Waals surface area contributed by atoms with E-state index in [0.29, 0.717) is 23.0 Å². The van der Waals surface area contributed by atoms with Crippen LogP contribution in [0.1, 0.15) is 69.5 Å². The van der Waals surface area contributed by atoms with Crippen LogP contribution in [0, 0.1) is 6.92 Å². The van der Waals surface area contributed by atoms with Gasteiger partial charge in [-0.15, -0.1) is 10.2 Å². The molecule has 0 radical (unpaired) electrons. The van der Waals surface area contributed by atoms with E-state index in [1.54, 1.807) is 13.2 Å². The Morgan fingerprint density at radius 1 is 1.05 bits per heavy atom. The van der Waals surface area contributed by atoms with Crippen molar-refractivity contribution in [3.05, 3.63) is 52.8 Å². The Morgan fingerprint density at radius 2 is 1.77 bits per heavy atom. The molecule has 2 aromatic carbocycles. The molecule has 0 unspecified atom stereocenters. The molecule has 0 atom stereocenters. The summed E-state index contributed by atoms with van der Waals surface area (Å²) in [5.41, 5.74) is 5.92. The Morgan fingerprint density at radius 3 is 2.36 bits per heavy atom. The first-order valence-corrected chi connectivity index (χ1v) is 14.1. The highest BCUT2D eigenvalue weighted by Gasteiger charge is 2.24. The first-order chi connectivity index (χ1) is 18.6. The number of methoxy groups -OCH3 is 1. The van der Waals surface area contributed by atoms with Crippen LogP contribution < -0.4 is 4.74 Å². The molecule has 210 valence electrons. The zero-order chi connectivity index (χ0) is 28.3. The number of likely N-dealkylation sites (N-methyl/N-ethyl adjacent to an activating group) is 1. The Balaban J connectivity index is 1.85. The van der Waals surface area contributed by atoms with Crippen LogP contribution >= 0.6 is 0 Å². The molecule has 8 heteroatoms. The molecule has 0 aliphatic carbocycles. The quantitative estimate of drug-likeness (QED) is 0.370. The van der Waals surface area contributed by atoms with E-state index in [2.05, 4.69) is 91.4 Å². The second-order valence-electron chi connectivity index (χ2n) is 11.2. The number of hydrogen-bond acceptors (Lipinski definition) is 7. The van der Waals surface area contributed by atoms with Gasteiger partial charge in [-0.2, -0.15) is 0 Å². The molecule has 1 N–H and O–H groups in total. The van der Waals surface area contributed by atoms with Crippen LogP contribution in [0.15, 0.2) is 35.3 Å². The van der Waals surface area contributed by atoms with Crippen LogP contribution in [0.4, 0.5) is 0 Å². The SMILES string of the molecule is CCC(=NC(C)C)c1nnc(-c2cc(C(C)C)c(OC)cc2O)n1-c1ccc(CN2CCN(C)CC2)cc1C. The summed E-state index contributed by atoms with van der Waals surface area (Å²) in [6, 6.07) is 10.4. The molecular weight excluding hydrogens is 488 g/mol. The van der Waals surface area contributed by atoms with Crippen molar-refractivity contribution < 1.29 is 9.84 Å². The normalized spacial score (nSPS) is 15.5. The van der Waals surface area contributed by atoms with E-state index in [0.717, 1.165) is 61.7 Å². The highest BCUT2D eigenvalue weighted by atomic mass is 16.5. The molecule has 0 amide bonds. The Labute approximate surface area is 233 Å². The van der Waals surface area contributed by atoms with E-state index >= 15 is 0 Å². The molecule has 39 heavy (non-hydrogen) atoms. The molecule has 8 nitrogen and oxygen atoms in total. The summed E-state index contributed by atoms with van der Waals surface area (Å²) in [4.78, 5) is 9.77. The summed E-state index contributed by atoms with van der Waals surface area (Å²) in [5, 5.41) is 20.4. The van der Waals surface area contributed by atoms with Gasteiger partial charge in [0.2, 0.25) is 0 Å². The Hall–Kier alpha value is -3.23. The Bertz CT molecular complexity index is 1320. The summed E-state index contributed by atoms with van der Waals surface area (Å²) < 4.78 is 7.63. The number of piperazine rings is 1. The van der Waals surface area contributed by atoms with Crippen molar-refractivity contribution in [1.29, 1.82) is 0 Å². The van der Waals surface area contributed by atoms with Crippen molar-refractivity contribution in [1.82, 2.24) is 24.6 Å². The van der Waals surface area contributed by atoms with Crippen LogP contribution in [-0.2, 0) is 6.54 Å². The van der Waals surface area contributed by atoms with Gasteiger partial charge < -0.3 is 14.7 Å². The number of aliphatic imine (C=N–C) groups is 1. The predicted octanol–water partition coefficient (Wildman–Crippen LogP) is 5.44. The molecule has 0 bridgehead atoms. The van der Waals surface area contributed by atoms with Crippen LogP contribution in [0.25, 0.3) is 17.1 Å². The molecule has 1 aliphatic heterocycles. The fraction of sp³-hybridized carbons (Fsp3) is 0.516. The van der Waals surface area contributed by atoms with Gasteiger partial charge in [0.15, 0.2) is 11.6 Å². The summed E-state index contributed by atoms with van der Waals surface area (Å²) in [5.74, 6) is 2.28. The van der Waals surface area contributed by atoms with Crippen molar-refractivity contribution in [2.45, 2.75) is 66.5 Å². The predicted molar refractivity (Wildman–Crippen MR) is 159 cm³/mol. The molecule has 1 aromatic heterocycles. The van der Waals surface area contributed by atoms with Crippen molar-refractivity contribution in [3.63, 3.8) is 0 Å². The maximum atomic E-state index is 11.1. The number of aromatic nitrogens is 3. The first kappa shape index (κ1) is 28.8. The van der Waals surface area contributed by atoms with Gasteiger partial charge in [0.25, 0.3) is 0 Å². The largest absolute Gasteiger partial charge is 0.507 e. The number of phenolic OH excluding ortho intramolecular Hbond substituents is 1. The van der Waals surface area contributed by atoms with Crippen LogP contribution in [0.5, 0.6) is 11.5 Å². The minimum Gasteiger partial charge on any atom is -0.507 e. The molecule has 2 heterocycles. The maximum Gasteiger partial charge on any atom is 0.182 e. The van der Waals surface area contributed by atoms with Crippen LogP contribution in [0.2, 0.25) is 0 Å². The maximum absolute atomic E-state index is 11.1. The molecule has 1 aliphatic rings. The van der Waals surface area contributed by atoms with E-state index in [9.17, 15) is 5.11 Å². The van der Waals surface area contributed by atoms with Gasteiger partial charge in [-0.25, -0.2) is 0 Å². The van der Waals surface area contributed by atoms with Crippen molar-refractivity contribution in [3.8, 4) is 28.6 Å². The zero-order valence-corrected chi connectivity index (χ0v) is 24.8. The second-order valence-corrected chi connectivity index (χ2v) is 11.2. The molecule has 1 fully saturated rings. The number of rotatable bonds is 9. The first-order valence-electron chi connectivity index (χ1n) is 14.1. The topological polar surface area (TPSA) is 79.0 Å². The zero-order valence-electron chi connectivity index (χ0n) is 24.8. The lowest BCUT2D eigenvalue weighted by molar-refractivity contribution is 0.148. The van der Waals surface area contributed by atoms with Gasteiger partial charge in [-0.05, 0) is 69.0 Å². The number of hydrogen-bond donors (Lipinski definition) is 1. The second kappa shape index (κ2) is 12.3. The molecule has 0 saturated carbocycles. The highest BCUT2D eigenvalue weighted by molar-refractivity contribution is 5.98. The number of phenols is 1. The average molecular weight is 533 g/mol.